The highest BCUT2D eigenvalue weighted by Gasteiger charge is 2.27. The highest BCUT2D eigenvalue weighted by atomic mass is 16.3. The molecule has 0 spiro atoms. The first-order valence-electron chi connectivity index (χ1n) is 4.35. The molecular formula is C8H14N2O3. The van der Waals surface area contributed by atoms with Gasteiger partial charge in [0.25, 0.3) is 0 Å². The molecule has 0 saturated heterocycles. The third-order valence-corrected chi connectivity index (χ3v) is 2.32. The minimum atomic E-state index is -0.937. The number of amides is 2. The number of nitrogens with one attached hydrogen (secondary N) is 1. The fourth-order valence-corrected chi connectivity index (χ4v) is 1.17. The molecule has 5 nitrogen and oxygen atoms in total. The first-order chi connectivity index (χ1) is 6.15. The van der Waals surface area contributed by atoms with Crippen LogP contribution in [-0.4, -0.2) is 29.6 Å². The van der Waals surface area contributed by atoms with Crippen molar-refractivity contribution in [3.63, 3.8) is 0 Å². The van der Waals surface area contributed by atoms with E-state index in [1.54, 1.807) is 0 Å². The van der Waals surface area contributed by atoms with Crippen molar-refractivity contribution in [3.05, 3.63) is 0 Å². The average molecular weight is 186 g/mol. The maximum atomic E-state index is 11.3. The summed E-state index contributed by atoms with van der Waals surface area (Å²) >= 11 is 0. The van der Waals surface area contributed by atoms with Gasteiger partial charge in [-0.3, -0.25) is 9.59 Å². The van der Waals surface area contributed by atoms with Crippen LogP contribution < -0.4 is 11.1 Å². The van der Waals surface area contributed by atoms with Crippen molar-refractivity contribution in [1.29, 1.82) is 0 Å². The van der Waals surface area contributed by atoms with Gasteiger partial charge in [-0.05, 0) is 12.8 Å². The fraction of sp³-hybridized carbons (Fsp3) is 0.750. The predicted molar refractivity (Wildman–Crippen MR) is 45.6 cm³/mol. The molecule has 1 rings (SSSR count). The number of hydrogen-bond donors (Lipinski definition) is 3. The number of primary amides is 1. The van der Waals surface area contributed by atoms with E-state index in [9.17, 15) is 9.59 Å². The van der Waals surface area contributed by atoms with E-state index in [1.165, 1.54) is 0 Å². The normalized spacial score (nSPS) is 18.8. The molecule has 13 heavy (non-hydrogen) atoms. The zero-order valence-corrected chi connectivity index (χ0v) is 7.32. The van der Waals surface area contributed by atoms with Gasteiger partial charge < -0.3 is 16.2 Å². The van der Waals surface area contributed by atoms with Gasteiger partial charge in [0.15, 0.2) is 0 Å². The molecule has 1 saturated carbocycles. The molecule has 0 heterocycles. The lowest BCUT2D eigenvalue weighted by atomic mass is 9.84. The molecule has 0 radical (unpaired) electrons. The summed E-state index contributed by atoms with van der Waals surface area (Å²) < 4.78 is 0. The summed E-state index contributed by atoms with van der Waals surface area (Å²) in [5.41, 5.74) is 4.94. The highest BCUT2D eigenvalue weighted by molar-refractivity contribution is 5.87. The summed E-state index contributed by atoms with van der Waals surface area (Å²) in [4.78, 5) is 21.9. The van der Waals surface area contributed by atoms with Crippen molar-refractivity contribution in [2.75, 3.05) is 6.61 Å². The zero-order valence-electron chi connectivity index (χ0n) is 7.32. The summed E-state index contributed by atoms with van der Waals surface area (Å²) in [7, 11) is 0. The largest absolute Gasteiger partial charge is 0.394 e. The van der Waals surface area contributed by atoms with Crippen LogP contribution in [-0.2, 0) is 9.59 Å². The summed E-state index contributed by atoms with van der Waals surface area (Å²) in [6, 6.07) is -0.937. The minimum absolute atomic E-state index is 0.00778. The molecule has 0 aromatic heterocycles. The van der Waals surface area contributed by atoms with Gasteiger partial charge in [-0.25, -0.2) is 0 Å². The van der Waals surface area contributed by atoms with Crippen LogP contribution in [0.25, 0.3) is 0 Å². The van der Waals surface area contributed by atoms with Gasteiger partial charge in [-0.2, -0.15) is 0 Å². The van der Waals surface area contributed by atoms with Crippen molar-refractivity contribution in [2.45, 2.75) is 25.3 Å². The van der Waals surface area contributed by atoms with Gasteiger partial charge in [0, 0.05) is 5.92 Å². The van der Waals surface area contributed by atoms with Crippen molar-refractivity contribution in [1.82, 2.24) is 5.32 Å². The molecule has 1 aliphatic rings. The molecule has 2 amide bonds. The Morgan fingerprint density at radius 2 is 2.15 bits per heavy atom. The van der Waals surface area contributed by atoms with Crippen molar-refractivity contribution in [2.24, 2.45) is 11.7 Å². The van der Waals surface area contributed by atoms with Gasteiger partial charge in [0.1, 0.15) is 6.04 Å². The van der Waals surface area contributed by atoms with Crippen molar-refractivity contribution >= 4 is 11.8 Å². The molecule has 0 aliphatic heterocycles. The molecular weight excluding hydrogens is 172 g/mol. The average Bonchev–Trinajstić information content (AvgIpc) is 1.96. The molecule has 1 unspecified atom stereocenters. The Morgan fingerprint density at radius 1 is 1.54 bits per heavy atom. The van der Waals surface area contributed by atoms with Crippen LogP contribution in [0.15, 0.2) is 0 Å². The van der Waals surface area contributed by atoms with E-state index < -0.39 is 18.6 Å². The Hall–Kier alpha value is -1.10. The van der Waals surface area contributed by atoms with Crippen LogP contribution in [0.5, 0.6) is 0 Å². The topological polar surface area (TPSA) is 92.4 Å². The third kappa shape index (κ3) is 2.42. The van der Waals surface area contributed by atoms with Crippen molar-refractivity contribution < 1.29 is 14.7 Å². The molecule has 0 bridgehead atoms. The van der Waals surface area contributed by atoms with Crippen LogP contribution in [0.1, 0.15) is 19.3 Å². The van der Waals surface area contributed by atoms with E-state index in [2.05, 4.69) is 5.32 Å². The number of nitrogens with two attached hydrogens (primary N) is 1. The molecule has 4 N–H and O–H groups in total. The Labute approximate surface area is 76.3 Å². The lowest BCUT2D eigenvalue weighted by molar-refractivity contribution is -0.132. The van der Waals surface area contributed by atoms with Gasteiger partial charge in [0.05, 0.1) is 6.61 Å². The number of carbonyl (C=O) groups excluding carboxylic acids is 2. The van der Waals surface area contributed by atoms with Gasteiger partial charge in [-0.15, -0.1) is 0 Å². The first kappa shape index (κ1) is 9.98. The third-order valence-electron chi connectivity index (χ3n) is 2.32. The van der Waals surface area contributed by atoms with Gasteiger partial charge >= 0.3 is 0 Å². The molecule has 0 aromatic rings. The highest BCUT2D eigenvalue weighted by Crippen LogP contribution is 2.26. The van der Waals surface area contributed by atoms with Crippen LogP contribution in [0, 0.1) is 5.92 Å². The standard InChI is InChI=1S/C8H14N2O3/c9-7(12)6(4-11)10-8(13)5-2-1-3-5/h5-6,11H,1-4H2,(H2,9,12)(H,10,13). The van der Waals surface area contributed by atoms with E-state index in [1.807, 2.05) is 0 Å². The quantitative estimate of drug-likeness (QED) is 0.512. The molecule has 5 heteroatoms. The van der Waals surface area contributed by atoms with E-state index >= 15 is 0 Å². The van der Waals surface area contributed by atoms with Crippen molar-refractivity contribution in [3.8, 4) is 0 Å². The van der Waals surface area contributed by atoms with Crippen LogP contribution in [0.2, 0.25) is 0 Å². The summed E-state index contributed by atoms with van der Waals surface area (Å²) in [5, 5.41) is 11.1. The Balaban J connectivity index is 2.36. The summed E-state index contributed by atoms with van der Waals surface area (Å²) in [6.45, 7) is -0.437. The second-order valence-corrected chi connectivity index (χ2v) is 3.27. The predicted octanol–water partition coefficient (Wildman–Crippen LogP) is -1.25. The van der Waals surface area contributed by atoms with Crippen LogP contribution in [0.3, 0.4) is 0 Å². The van der Waals surface area contributed by atoms with E-state index in [0.717, 1.165) is 19.3 Å². The lowest BCUT2D eigenvalue weighted by Crippen LogP contribution is -2.49. The van der Waals surface area contributed by atoms with Crippen LogP contribution in [0.4, 0.5) is 0 Å². The lowest BCUT2D eigenvalue weighted by Gasteiger charge is -2.25. The number of carbonyl (C=O) groups is 2. The molecule has 1 aliphatic carbocycles. The Kier molecular flexibility index (Phi) is 3.25. The second kappa shape index (κ2) is 4.23. The maximum Gasteiger partial charge on any atom is 0.242 e. The summed E-state index contributed by atoms with van der Waals surface area (Å²) in [6.07, 6.45) is 2.78. The number of rotatable bonds is 4. The summed E-state index contributed by atoms with van der Waals surface area (Å²) in [5.74, 6) is -0.868. The SMILES string of the molecule is NC(=O)C(CO)NC(=O)C1CCC1. The van der Waals surface area contributed by atoms with Gasteiger partial charge in [-0.1, -0.05) is 6.42 Å². The number of hydrogen-bond acceptors (Lipinski definition) is 3. The molecule has 0 aromatic carbocycles. The smallest absolute Gasteiger partial charge is 0.242 e. The molecule has 74 valence electrons. The van der Waals surface area contributed by atoms with Gasteiger partial charge in [0.2, 0.25) is 11.8 Å². The fourth-order valence-electron chi connectivity index (χ4n) is 1.17. The minimum Gasteiger partial charge on any atom is -0.394 e. The zero-order chi connectivity index (χ0) is 9.84. The van der Waals surface area contributed by atoms with E-state index in [-0.39, 0.29) is 11.8 Å². The van der Waals surface area contributed by atoms with E-state index in [4.69, 9.17) is 10.8 Å². The molecule has 1 atom stereocenters. The monoisotopic (exact) mass is 186 g/mol. The number of aliphatic hydroxyl groups excluding tert-OH is 1. The van der Waals surface area contributed by atoms with E-state index in [0.29, 0.717) is 0 Å². The second-order valence-electron chi connectivity index (χ2n) is 3.27. The Bertz CT molecular complexity index is 213. The first-order valence-corrected chi connectivity index (χ1v) is 4.35. The molecule has 1 fully saturated rings. The van der Waals surface area contributed by atoms with Crippen LogP contribution >= 0.6 is 0 Å². The Morgan fingerprint density at radius 3 is 2.46 bits per heavy atom. The number of aliphatic hydroxyl groups is 1. The maximum absolute atomic E-state index is 11.3.